The number of rotatable bonds is 5. The van der Waals surface area contributed by atoms with Gasteiger partial charge in [0.25, 0.3) is 0 Å². The number of carbonyl (C=O) groups excluding carboxylic acids is 2. The molecular weight excluding hydrogens is 344 g/mol. The van der Waals surface area contributed by atoms with Crippen molar-refractivity contribution in [2.45, 2.75) is 13.8 Å². The predicted octanol–water partition coefficient (Wildman–Crippen LogP) is 3.01. The first-order chi connectivity index (χ1) is 12.1. The lowest BCUT2D eigenvalue weighted by Crippen LogP contribution is -2.07. The average Bonchev–Trinajstić information content (AvgIpc) is 3.19. The van der Waals surface area contributed by atoms with Gasteiger partial charge in [-0.2, -0.15) is 0 Å². The number of hydrogen-bond donors (Lipinski definition) is 1. The van der Waals surface area contributed by atoms with Crippen molar-refractivity contribution in [2.75, 3.05) is 18.7 Å². The number of amides is 1. The first-order valence-corrected chi connectivity index (χ1v) is 8.41. The van der Waals surface area contributed by atoms with Crippen LogP contribution < -0.4 is 14.8 Å². The summed E-state index contributed by atoms with van der Waals surface area (Å²) in [6, 6.07) is 5.40. The zero-order valence-electron chi connectivity index (χ0n) is 13.7. The lowest BCUT2D eigenvalue weighted by Gasteiger charge is -1.98. The van der Waals surface area contributed by atoms with E-state index >= 15 is 0 Å². The molecule has 0 aliphatic carbocycles. The Morgan fingerprint density at radius 1 is 1.36 bits per heavy atom. The van der Waals surface area contributed by atoms with Crippen LogP contribution in [0.25, 0.3) is 6.08 Å². The van der Waals surface area contributed by atoms with E-state index in [1.165, 1.54) is 6.08 Å². The van der Waals surface area contributed by atoms with E-state index in [0.29, 0.717) is 27.2 Å². The molecule has 1 amide bonds. The highest BCUT2D eigenvalue weighted by atomic mass is 32.1. The number of thiazole rings is 1. The molecule has 25 heavy (non-hydrogen) atoms. The molecule has 0 bridgehead atoms. The smallest absolute Gasteiger partial charge is 0.350 e. The zero-order chi connectivity index (χ0) is 17.8. The molecule has 1 aromatic carbocycles. The Balaban J connectivity index is 1.64. The number of nitrogens with zero attached hydrogens (tertiary/aromatic N) is 1. The van der Waals surface area contributed by atoms with Gasteiger partial charge in [0.1, 0.15) is 4.88 Å². The fourth-order valence-corrected chi connectivity index (χ4v) is 3.03. The summed E-state index contributed by atoms with van der Waals surface area (Å²) in [5.74, 6) is 0.555. The Hall–Kier alpha value is -2.87. The summed E-state index contributed by atoms with van der Waals surface area (Å²) in [5.41, 5.74) is 1.33. The third kappa shape index (κ3) is 3.97. The molecule has 2 aromatic rings. The van der Waals surface area contributed by atoms with Crippen LogP contribution in [0.15, 0.2) is 24.3 Å². The number of benzene rings is 1. The molecular formula is C17H16N2O5S. The van der Waals surface area contributed by atoms with Gasteiger partial charge in [-0.05, 0) is 37.6 Å². The molecule has 0 atom stereocenters. The molecule has 0 saturated carbocycles. The van der Waals surface area contributed by atoms with Crippen molar-refractivity contribution in [2.24, 2.45) is 0 Å². The van der Waals surface area contributed by atoms with Gasteiger partial charge in [-0.25, -0.2) is 9.78 Å². The lowest BCUT2D eigenvalue weighted by molar-refractivity contribution is -0.111. The van der Waals surface area contributed by atoms with E-state index in [0.717, 1.165) is 16.9 Å². The molecule has 0 spiro atoms. The summed E-state index contributed by atoms with van der Waals surface area (Å²) in [7, 11) is 0. The minimum absolute atomic E-state index is 0.204. The van der Waals surface area contributed by atoms with E-state index in [4.69, 9.17) is 14.2 Å². The molecule has 1 aromatic heterocycles. The molecule has 130 valence electrons. The van der Waals surface area contributed by atoms with Crippen LogP contribution in [0.1, 0.15) is 27.9 Å². The van der Waals surface area contributed by atoms with Crippen LogP contribution in [0.3, 0.4) is 0 Å². The Morgan fingerprint density at radius 2 is 2.16 bits per heavy atom. The van der Waals surface area contributed by atoms with Crippen molar-refractivity contribution in [3.63, 3.8) is 0 Å². The standard InChI is InChI=1S/C17H16N2O5S/c1-3-22-16(21)15-10(2)18-17(25-15)19-14(20)7-5-11-4-6-12-13(8-11)24-9-23-12/h4-8H,3,9H2,1-2H3,(H,18,19,20). The highest BCUT2D eigenvalue weighted by Gasteiger charge is 2.17. The van der Waals surface area contributed by atoms with Crippen molar-refractivity contribution in [3.8, 4) is 11.5 Å². The summed E-state index contributed by atoms with van der Waals surface area (Å²) in [6.07, 6.45) is 3.04. The van der Waals surface area contributed by atoms with Crippen LogP contribution >= 0.6 is 11.3 Å². The predicted molar refractivity (Wildman–Crippen MR) is 93.0 cm³/mol. The van der Waals surface area contributed by atoms with Gasteiger partial charge in [0.15, 0.2) is 16.6 Å². The van der Waals surface area contributed by atoms with Crippen LogP contribution in [0, 0.1) is 6.92 Å². The Morgan fingerprint density at radius 3 is 2.96 bits per heavy atom. The molecule has 0 radical (unpaired) electrons. The minimum Gasteiger partial charge on any atom is -0.462 e. The topological polar surface area (TPSA) is 86.8 Å². The Bertz CT molecular complexity index is 844. The summed E-state index contributed by atoms with van der Waals surface area (Å²) in [5, 5.41) is 2.99. The van der Waals surface area contributed by atoms with Crippen LogP contribution in [-0.2, 0) is 9.53 Å². The highest BCUT2D eigenvalue weighted by molar-refractivity contribution is 7.17. The van der Waals surface area contributed by atoms with Gasteiger partial charge in [-0.1, -0.05) is 17.4 Å². The lowest BCUT2D eigenvalue weighted by atomic mass is 10.2. The average molecular weight is 360 g/mol. The molecule has 1 aliphatic heterocycles. The zero-order valence-corrected chi connectivity index (χ0v) is 14.5. The van der Waals surface area contributed by atoms with Gasteiger partial charge in [-0.15, -0.1) is 0 Å². The van der Waals surface area contributed by atoms with Gasteiger partial charge in [0, 0.05) is 6.08 Å². The summed E-state index contributed by atoms with van der Waals surface area (Å²) < 4.78 is 15.5. The Labute approximate surface area is 148 Å². The number of nitrogens with one attached hydrogen (secondary N) is 1. The van der Waals surface area contributed by atoms with Crippen molar-refractivity contribution in [1.82, 2.24) is 4.98 Å². The van der Waals surface area contributed by atoms with Crippen LogP contribution in [-0.4, -0.2) is 30.3 Å². The molecule has 1 aliphatic rings. The molecule has 8 heteroatoms. The first-order valence-electron chi connectivity index (χ1n) is 7.60. The molecule has 0 fully saturated rings. The van der Waals surface area contributed by atoms with E-state index in [-0.39, 0.29) is 19.3 Å². The maximum Gasteiger partial charge on any atom is 0.350 e. The number of aromatic nitrogens is 1. The number of anilines is 1. The number of hydrogen-bond acceptors (Lipinski definition) is 7. The maximum atomic E-state index is 12.0. The molecule has 1 N–H and O–H groups in total. The molecule has 0 saturated heterocycles. The van der Waals surface area contributed by atoms with Gasteiger partial charge >= 0.3 is 5.97 Å². The van der Waals surface area contributed by atoms with Crippen molar-refractivity contribution in [3.05, 3.63) is 40.4 Å². The van der Waals surface area contributed by atoms with Gasteiger partial charge in [0.05, 0.1) is 12.3 Å². The van der Waals surface area contributed by atoms with E-state index in [2.05, 4.69) is 10.3 Å². The first kappa shape index (κ1) is 17.0. The largest absolute Gasteiger partial charge is 0.462 e. The quantitative estimate of drug-likeness (QED) is 0.651. The van der Waals surface area contributed by atoms with E-state index < -0.39 is 5.97 Å². The highest BCUT2D eigenvalue weighted by Crippen LogP contribution is 2.32. The van der Waals surface area contributed by atoms with Crippen LogP contribution in [0.4, 0.5) is 5.13 Å². The number of esters is 1. The summed E-state index contributed by atoms with van der Waals surface area (Å²) in [6.45, 7) is 3.92. The van der Waals surface area contributed by atoms with Crippen molar-refractivity contribution >= 4 is 34.4 Å². The van der Waals surface area contributed by atoms with Crippen LogP contribution in [0.2, 0.25) is 0 Å². The molecule has 3 rings (SSSR count). The maximum absolute atomic E-state index is 12.0. The second-order valence-corrected chi connectivity index (χ2v) is 6.09. The van der Waals surface area contributed by atoms with E-state index in [1.54, 1.807) is 32.1 Å². The minimum atomic E-state index is -0.436. The fraction of sp³-hybridized carbons (Fsp3) is 0.235. The SMILES string of the molecule is CCOC(=O)c1sc(NC(=O)C=Cc2ccc3c(c2)OCO3)nc1C. The number of aryl methyl sites for hydroxylation is 1. The number of carbonyl (C=O) groups is 2. The van der Waals surface area contributed by atoms with Crippen LogP contribution in [0.5, 0.6) is 11.5 Å². The van der Waals surface area contributed by atoms with Gasteiger partial charge in [-0.3, -0.25) is 10.1 Å². The van der Waals surface area contributed by atoms with Crippen molar-refractivity contribution < 1.29 is 23.8 Å². The second-order valence-electron chi connectivity index (χ2n) is 5.09. The van der Waals surface area contributed by atoms with Gasteiger partial charge in [0.2, 0.25) is 12.7 Å². The molecule has 0 unspecified atom stereocenters. The number of ether oxygens (including phenoxy) is 3. The third-order valence-electron chi connectivity index (χ3n) is 3.31. The molecule has 2 heterocycles. The normalized spacial score (nSPS) is 12.4. The monoisotopic (exact) mass is 360 g/mol. The fourth-order valence-electron chi connectivity index (χ4n) is 2.17. The number of fused-ring (bicyclic) bond motifs is 1. The third-order valence-corrected chi connectivity index (χ3v) is 4.36. The Kier molecular flexibility index (Phi) is 4.99. The van der Waals surface area contributed by atoms with Gasteiger partial charge < -0.3 is 14.2 Å². The summed E-state index contributed by atoms with van der Waals surface area (Å²) >= 11 is 1.09. The second kappa shape index (κ2) is 7.35. The molecule has 7 nitrogen and oxygen atoms in total. The van der Waals surface area contributed by atoms with E-state index in [1.807, 2.05) is 6.07 Å². The van der Waals surface area contributed by atoms with E-state index in [9.17, 15) is 9.59 Å². The summed E-state index contributed by atoms with van der Waals surface area (Å²) in [4.78, 5) is 28.4. The van der Waals surface area contributed by atoms with Crippen molar-refractivity contribution in [1.29, 1.82) is 0 Å².